The van der Waals surface area contributed by atoms with Crippen molar-refractivity contribution >= 4 is 5.78 Å². The number of carbonyl (C=O) groups excluding carboxylic acids is 1. The van der Waals surface area contributed by atoms with Crippen LogP contribution in [0.3, 0.4) is 0 Å². The van der Waals surface area contributed by atoms with Gasteiger partial charge in [0.15, 0.2) is 5.78 Å². The number of rotatable bonds is 7. The summed E-state index contributed by atoms with van der Waals surface area (Å²) in [7, 11) is 0. The van der Waals surface area contributed by atoms with E-state index in [4.69, 9.17) is 5.73 Å². The fourth-order valence-electron chi connectivity index (χ4n) is 2.23. The highest BCUT2D eigenvalue weighted by Gasteiger charge is 2.05. The summed E-state index contributed by atoms with van der Waals surface area (Å²) in [6, 6.07) is 18.1. The summed E-state index contributed by atoms with van der Waals surface area (Å²) in [6.07, 6.45) is 3.58. The van der Waals surface area contributed by atoms with Gasteiger partial charge >= 0.3 is 0 Å². The molecule has 0 aliphatic rings. The maximum absolute atomic E-state index is 12.0. The first-order valence-corrected chi connectivity index (χ1v) is 7.20. The van der Waals surface area contributed by atoms with Gasteiger partial charge < -0.3 is 5.73 Å². The Morgan fingerprint density at radius 1 is 0.800 bits per heavy atom. The molecular formula is C18H21NO. The molecule has 2 heteroatoms. The van der Waals surface area contributed by atoms with E-state index in [0.29, 0.717) is 13.0 Å². The lowest BCUT2D eigenvalue weighted by Crippen LogP contribution is -2.01. The van der Waals surface area contributed by atoms with E-state index in [-0.39, 0.29) is 5.78 Å². The number of Topliss-reactive ketones (excluding diaryl/α,β-unsaturated/α-hetero) is 1. The first-order chi connectivity index (χ1) is 9.81. The fourth-order valence-corrected chi connectivity index (χ4v) is 2.23. The van der Waals surface area contributed by atoms with Crippen LogP contribution in [0.2, 0.25) is 0 Å². The summed E-state index contributed by atoms with van der Waals surface area (Å²) < 4.78 is 0. The quantitative estimate of drug-likeness (QED) is 0.607. The molecule has 0 amide bonds. The van der Waals surface area contributed by atoms with Crippen molar-refractivity contribution in [3.8, 4) is 11.1 Å². The Bertz CT molecular complexity index is 531. The zero-order valence-corrected chi connectivity index (χ0v) is 11.7. The maximum atomic E-state index is 12.0. The van der Waals surface area contributed by atoms with Crippen LogP contribution in [0.15, 0.2) is 54.6 Å². The van der Waals surface area contributed by atoms with Crippen LogP contribution < -0.4 is 5.73 Å². The van der Waals surface area contributed by atoms with Crippen LogP contribution in [0, 0.1) is 0 Å². The monoisotopic (exact) mass is 267 g/mol. The number of hydrogen-bond acceptors (Lipinski definition) is 2. The van der Waals surface area contributed by atoms with Crippen molar-refractivity contribution in [3.05, 3.63) is 60.2 Å². The highest BCUT2D eigenvalue weighted by atomic mass is 16.1. The first kappa shape index (κ1) is 14.5. The molecule has 0 atom stereocenters. The molecule has 104 valence electrons. The lowest BCUT2D eigenvalue weighted by Gasteiger charge is -2.04. The zero-order valence-electron chi connectivity index (χ0n) is 11.7. The molecule has 0 aliphatic heterocycles. The van der Waals surface area contributed by atoms with Crippen LogP contribution in [0.4, 0.5) is 0 Å². The summed E-state index contributed by atoms with van der Waals surface area (Å²) >= 11 is 0. The lowest BCUT2D eigenvalue weighted by atomic mass is 10.0. The number of nitrogens with two attached hydrogens (primary N) is 1. The lowest BCUT2D eigenvalue weighted by molar-refractivity contribution is 0.0979. The summed E-state index contributed by atoms with van der Waals surface area (Å²) in [5.41, 5.74) is 8.57. The van der Waals surface area contributed by atoms with Gasteiger partial charge in [0, 0.05) is 12.0 Å². The number of benzene rings is 2. The predicted molar refractivity (Wildman–Crippen MR) is 83.7 cm³/mol. The average Bonchev–Trinajstić information content (AvgIpc) is 2.52. The molecule has 0 bridgehead atoms. The van der Waals surface area contributed by atoms with Crippen LogP contribution in [0.1, 0.15) is 36.0 Å². The van der Waals surface area contributed by atoms with Crippen molar-refractivity contribution in [3.63, 3.8) is 0 Å². The summed E-state index contributed by atoms with van der Waals surface area (Å²) in [5, 5.41) is 0. The van der Waals surface area contributed by atoms with Crippen LogP contribution in [0.25, 0.3) is 11.1 Å². The molecule has 0 heterocycles. The molecular weight excluding hydrogens is 246 g/mol. The average molecular weight is 267 g/mol. The molecule has 0 fully saturated rings. The maximum Gasteiger partial charge on any atom is 0.162 e. The molecule has 2 N–H and O–H groups in total. The number of ketones is 1. The van der Waals surface area contributed by atoms with Gasteiger partial charge in [-0.05, 0) is 30.5 Å². The smallest absolute Gasteiger partial charge is 0.162 e. The van der Waals surface area contributed by atoms with Gasteiger partial charge in [-0.15, -0.1) is 0 Å². The second kappa shape index (κ2) is 7.61. The summed E-state index contributed by atoms with van der Waals surface area (Å²) in [4.78, 5) is 12.0. The predicted octanol–water partition coefficient (Wildman–Crippen LogP) is 4.06. The van der Waals surface area contributed by atoms with E-state index in [0.717, 1.165) is 30.4 Å². The molecule has 2 aromatic carbocycles. The molecule has 2 rings (SSSR count). The highest BCUT2D eigenvalue weighted by molar-refractivity contribution is 5.96. The van der Waals surface area contributed by atoms with Gasteiger partial charge in [-0.3, -0.25) is 4.79 Å². The Morgan fingerprint density at radius 2 is 1.45 bits per heavy atom. The molecule has 2 aromatic rings. The highest BCUT2D eigenvalue weighted by Crippen LogP contribution is 2.20. The van der Waals surface area contributed by atoms with Gasteiger partial charge in [0.25, 0.3) is 0 Å². The van der Waals surface area contributed by atoms with E-state index >= 15 is 0 Å². The molecule has 0 radical (unpaired) electrons. The minimum Gasteiger partial charge on any atom is -0.330 e. The van der Waals surface area contributed by atoms with Crippen LogP contribution >= 0.6 is 0 Å². The van der Waals surface area contributed by atoms with Gasteiger partial charge in [-0.2, -0.15) is 0 Å². The third-order valence-corrected chi connectivity index (χ3v) is 3.42. The minimum absolute atomic E-state index is 0.224. The van der Waals surface area contributed by atoms with Crippen molar-refractivity contribution in [1.29, 1.82) is 0 Å². The van der Waals surface area contributed by atoms with Gasteiger partial charge in [0.1, 0.15) is 0 Å². The number of carbonyl (C=O) groups is 1. The van der Waals surface area contributed by atoms with E-state index in [1.54, 1.807) is 0 Å². The second-order valence-electron chi connectivity index (χ2n) is 4.97. The van der Waals surface area contributed by atoms with E-state index in [2.05, 4.69) is 12.1 Å². The molecule has 0 saturated carbocycles. The van der Waals surface area contributed by atoms with Crippen molar-refractivity contribution in [1.82, 2.24) is 0 Å². The molecule has 0 aromatic heterocycles. The van der Waals surface area contributed by atoms with E-state index in [1.807, 2.05) is 42.5 Å². The third kappa shape index (κ3) is 4.04. The van der Waals surface area contributed by atoms with Gasteiger partial charge in [-0.25, -0.2) is 0 Å². The van der Waals surface area contributed by atoms with Crippen LogP contribution in [-0.4, -0.2) is 12.3 Å². The van der Waals surface area contributed by atoms with Gasteiger partial charge in [-0.1, -0.05) is 61.0 Å². The largest absolute Gasteiger partial charge is 0.330 e. The molecule has 0 saturated heterocycles. The fraction of sp³-hybridized carbons (Fsp3) is 0.278. The van der Waals surface area contributed by atoms with Gasteiger partial charge in [0.05, 0.1) is 0 Å². The zero-order chi connectivity index (χ0) is 14.2. The van der Waals surface area contributed by atoms with Crippen molar-refractivity contribution in [2.24, 2.45) is 5.73 Å². The Kier molecular flexibility index (Phi) is 5.51. The Morgan fingerprint density at radius 3 is 2.10 bits per heavy atom. The van der Waals surface area contributed by atoms with Crippen molar-refractivity contribution < 1.29 is 4.79 Å². The Balaban J connectivity index is 1.96. The number of unbranched alkanes of at least 4 members (excludes halogenated alkanes) is 2. The normalized spacial score (nSPS) is 10.4. The Labute approximate surface area is 120 Å². The summed E-state index contributed by atoms with van der Waals surface area (Å²) in [6.45, 7) is 0.708. The van der Waals surface area contributed by atoms with E-state index < -0.39 is 0 Å². The van der Waals surface area contributed by atoms with E-state index in [1.165, 1.54) is 5.56 Å². The Hall–Kier alpha value is -1.93. The first-order valence-electron chi connectivity index (χ1n) is 7.20. The third-order valence-electron chi connectivity index (χ3n) is 3.42. The minimum atomic E-state index is 0.224. The summed E-state index contributed by atoms with van der Waals surface area (Å²) in [5.74, 6) is 0.224. The molecule has 0 unspecified atom stereocenters. The molecule has 0 spiro atoms. The van der Waals surface area contributed by atoms with Crippen molar-refractivity contribution in [2.75, 3.05) is 6.54 Å². The van der Waals surface area contributed by atoms with Gasteiger partial charge in [0.2, 0.25) is 0 Å². The topological polar surface area (TPSA) is 43.1 Å². The van der Waals surface area contributed by atoms with E-state index in [9.17, 15) is 4.79 Å². The van der Waals surface area contributed by atoms with Crippen LogP contribution in [-0.2, 0) is 0 Å². The SMILES string of the molecule is NCCCCCC(=O)c1ccc(-c2ccccc2)cc1. The second-order valence-corrected chi connectivity index (χ2v) is 4.97. The molecule has 2 nitrogen and oxygen atoms in total. The molecule has 0 aliphatic carbocycles. The van der Waals surface area contributed by atoms with Crippen LogP contribution in [0.5, 0.6) is 0 Å². The molecule has 20 heavy (non-hydrogen) atoms. The number of hydrogen-bond donors (Lipinski definition) is 1. The van der Waals surface area contributed by atoms with Crippen molar-refractivity contribution in [2.45, 2.75) is 25.7 Å². The standard InChI is InChI=1S/C18H21NO/c19-14-6-2-5-9-18(20)17-12-10-16(11-13-17)15-7-3-1-4-8-15/h1,3-4,7-8,10-13H,2,5-6,9,14,19H2.